The lowest BCUT2D eigenvalue weighted by Gasteiger charge is -2.32. The Morgan fingerprint density at radius 3 is 2.39 bits per heavy atom. The van der Waals surface area contributed by atoms with Crippen LogP contribution in [0.4, 0.5) is 0 Å². The number of imidazole rings is 1. The molecule has 0 spiro atoms. The molecule has 6 nitrogen and oxygen atoms in total. The first kappa shape index (κ1) is 23.3. The second-order valence-electron chi connectivity index (χ2n) is 9.55. The van der Waals surface area contributed by atoms with Gasteiger partial charge in [0, 0.05) is 22.9 Å². The number of benzene rings is 1. The van der Waals surface area contributed by atoms with Gasteiger partial charge < -0.3 is 9.88 Å². The van der Waals surface area contributed by atoms with Crippen molar-refractivity contribution in [1.29, 1.82) is 0 Å². The van der Waals surface area contributed by atoms with Crippen LogP contribution in [0, 0.1) is 5.92 Å². The summed E-state index contributed by atoms with van der Waals surface area (Å²) in [6.45, 7) is 11.1. The smallest absolute Gasteiger partial charge is 0.188 e. The van der Waals surface area contributed by atoms with Crippen LogP contribution in [0.15, 0.2) is 40.9 Å². The van der Waals surface area contributed by atoms with Gasteiger partial charge in [0.05, 0.1) is 5.92 Å². The van der Waals surface area contributed by atoms with Gasteiger partial charge in [-0.15, -0.1) is 0 Å². The van der Waals surface area contributed by atoms with Crippen LogP contribution in [0.5, 0.6) is 0 Å². The number of carbonyl (C=O) groups excluding carboxylic acids is 2. The Kier molecular flexibility index (Phi) is 6.75. The second kappa shape index (κ2) is 9.56. The SMILES string of the molecule is CCCN(CCC)CCCC1C(=O)c2[nH]c(-c3ccccc3)nc2C2=C1C(=O)C(C)(C)N=C2. The lowest BCUT2D eigenvalue weighted by Crippen LogP contribution is -2.41. The van der Waals surface area contributed by atoms with E-state index in [9.17, 15) is 9.59 Å². The molecule has 1 aromatic carbocycles. The van der Waals surface area contributed by atoms with Crippen LogP contribution in [0.25, 0.3) is 17.0 Å². The maximum Gasteiger partial charge on any atom is 0.188 e. The fourth-order valence-corrected chi connectivity index (χ4v) is 4.89. The highest BCUT2D eigenvalue weighted by atomic mass is 16.1. The van der Waals surface area contributed by atoms with E-state index >= 15 is 0 Å². The van der Waals surface area contributed by atoms with Gasteiger partial charge in [-0.05, 0) is 59.2 Å². The van der Waals surface area contributed by atoms with Gasteiger partial charge in [-0.1, -0.05) is 44.2 Å². The summed E-state index contributed by atoms with van der Waals surface area (Å²) in [7, 11) is 0. The van der Waals surface area contributed by atoms with E-state index in [-0.39, 0.29) is 11.6 Å². The monoisotopic (exact) mass is 446 g/mol. The number of nitrogens with one attached hydrogen (secondary N) is 1. The quantitative estimate of drug-likeness (QED) is 0.589. The van der Waals surface area contributed by atoms with E-state index < -0.39 is 11.5 Å². The Morgan fingerprint density at radius 1 is 1.03 bits per heavy atom. The molecule has 0 saturated carbocycles. The summed E-state index contributed by atoms with van der Waals surface area (Å²) in [5.74, 6) is 0.0899. The number of aliphatic imine (C=N–C) groups is 1. The van der Waals surface area contributed by atoms with Crippen LogP contribution < -0.4 is 0 Å². The van der Waals surface area contributed by atoms with E-state index in [1.807, 2.05) is 44.2 Å². The van der Waals surface area contributed by atoms with Crippen molar-refractivity contribution >= 4 is 23.4 Å². The number of rotatable bonds is 9. The number of allylic oxidation sites excluding steroid dienone is 1. The average molecular weight is 447 g/mol. The summed E-state index contributed by atoms with van der Waals surface area (Å²) >= 11 is 0. The number of H-pyrrole nitrogens is 1. The summed E-state index contributed by atoms with van der Waals surface area (Å²) in [6.07, 6.45) is 5.50. The van der Waals surface area contributed by atoms with E-state index in [0.717, 1.165) is 44.5 Å². The summed E-state index contributed by atoms with van der Waals surface area (Å²) < 4.78 is 0. The van der Waals surface area contributed by atoms with Gasteiger partial charge in [0.1, 0.15) is 22.8 Å². The van der Waals surface area contributed by atoms with Crippen molar-refractivity contribution < 1.29 is 9.59 Å². The van der Waals surface area contributed by atoms with Crippen molar-refractivity contribution in [3.05, 3.63) is 47.3 Å². The predicted octanol–water partition coefficient (Wildman–Crippen LogP) is 4.98. The van der Waals surface area contributed by atoms with Crippen LogP contribution in [-0.2, 0) is 4.79 Å². The number of nitrogens with zero attached hydrogens (tertiary/aromatic N) is 3. The fourth-order valence-electron chi connectivity index (χ4n) is 4.89. The van der Waals surface area contributed by atoms with Crippen molar-refractivity contribution in [3.63, 3.8) is 0 Å². The normalized spacial score (nSPS) is 19.2. The van der Waals surface area contributed by atoms with E-state index in [1.165, 1.54) is 0 Å². The molecule has 2 aromatic rings. The van der Waals surface area contributed by atoms with Crippen molar-refractivity contribution in [1.82, 2.24) is 14.9 Å². The highest BCUT2D eigenvalue weighted by Gasteiger charge is 2.45. The highest BCUT2D eigenvalue weighted by Crippen LogP contribution is 2.41. The van der Waals surface area contributed by atoms with Crippen LogP contribution in [0.1, 0.15) is 69.6 Å². The Bertz CT molecular complexity index is 1090. The molecule has 1 N–H and O–H groups in total. The molecule has 174 valence electrons. The molecule has 1 aliphatic heterocycles. The van der Waals surface area contributed by atoms with Gasteiger partial charge in [0.2, 0.25) is 0 Å². The Hall–Kier alpha value is -2.86. The zero-order chi connectivity index (χ0) is 23.6. The summed E-state index contributed by atoms with van der Waals surface area (Å²) in [5.41, 5.74) is 2.40. The third-order valence-corrected chi connectivity index (χ3v) is 6.57. The number of hydrogen-bond acceptors (Lipinski definition) is 5. The molecule has 1 unspecified atom stereocenters. The van der Waals surface area contributed by atoms with Gasteiger partial charge in [0.25, 0.3) is 0 Å². The van der Waals surface area contributed by atoms with Crippen molar-refractivity contribution in [2.45, 2.75) is 58.9 Å². The lowest BCUT2D eigenvalue weighted by molar-refractivity contribution is -0.119. The number of hydrogen-bond donors (Lipinski definition) is 1. The molecule has 0 fully saturated rings. The molecule has 1 aliphatic carbocycles. The summed E-state index contributed by atoms with van der Waals surface area (Å²) in [4.78, 5) is 42.1. The van der Waals surface area contributed by atoms with Crippen molar-refractivity contribution in [3.8, 4) is 11.4 Å². The molecule has 0 saturated heterocycles. The number of carbonyl (C=O) groups is 2. The summed E-state index contributed by atoms with van der Waals surface area (Å²) in [5, 5.41) is 0. The van der Waals surface area contributed by atoms with Gasteiger partial charge in [0.15, 0.2) is 11.6 Å². The fraction of sp³-hybridized carbons (Fsp3) is 0.481. The van der Waals surface area contributed by atoms with Gasteiger partial charge >= 0.3 is 0 Å². The molecule has 0 radical (unpaired) electrons. The first-order valence-corrected chi connectivity index (χ1v) is 12.1. The molecular formula is C27H34N4O2. The highest BCUT2D eigenvalue weighted by molar-refractivity contribution is 6.30. The van der Waals surface area contributed by atoms with Crippen LogP contribution in [0.2, 0.25) is 0 Å². The number of dihydropyridines is 1. The molecule has 1 atom stereocenters. The standard InChI is InChI=1S/C27H34N4O2/c1-5-14-31(15-6-2)16-10-13-19-21-20(17-28-27(3,4)25(21)33)22-23(24(19)32)30-26(29-22)18-11-8-7-9-12-18/h7-9,11-12,17,19H,5-6,10,13-16H2,1-4H3,(H,29,30). The summed E-state index contributed by atoms with van der Waals surface area (Å²) in [6, 6.07) is 9.75. The van der Waals surface area contributed by atoms with Crippen molar-refractivity contribution in [2.75, 3.05) is 19.6 Å². The number of Topliss-reactive ketones (excluding diaryl/α,β-unsaturated/α-hetero) is 2. The first-order chi connectivity index (χ1) is 15.9. The molecule has 0 bridgehead atoms. The molecule has 33 heavy (non-hydrogen) atoms. The first-order valence-electron chi connectivity index (χ1n) is 12.1. The van der Waals surface area contributed by atoms with E-state index in [1.54, 1.807) is 6.21 Å². The Labute approximate surface area is 196 Å². The minimum absolute atomic E-state index is 0.0320. The van der Waals surface area contributed by atoms with Crippen molar-refractivity contribution in [2.24, 2.45) is 10.9 Å². The predicted molar refractivity (Wildman–Crippen MR) is 133 cm³/mol. The number of aromatic nitrogens is 2. The molecule has 1 aromatic heterocycles. The zero-order valence-corrected chi connectivity index (χ0v) is 20.1. The molecule has 6 heteroatoms. The van der Waals surface area contributed by atoms with Gasteiger partial charge in [-0.3, -0.25) is 14.6 Å². The van der Waals surface area contributed by atoms with Gasteiger partial charge in [-0.25, -0.2) is 4.98 Å². The molecular weight excluding hydrogens is 412 g/mol. The van der Waals surface area contributed by atoms with E-state index in [0.29, 0.717) is 34.8 Å². The van der Waals surface area contributed by atoms with Gasteiger partial charge in [-0.2, -0.15) is 0 Å². The topological polar surface area (TPSA) is 78.4 Å². The van der Waals surface area contributed by atoms with Crippen LogP contribution in [-0.4, -0.2) is 57.8 Å². The number of ketones is 2. The minimum Gasteiger partial charge on any atom is -0.335 e. The van der Waals surface area contributed by atoms with Crippen LogP contribution in [0.3, 0.4) is 0 Å². The molecule has 2 aliphatic rings. The van der Waals surface area contributed by atoms with E-state index in [2.05, 4.69) is 28.7 Å². The number of aromatic amines is 1. The third kappa shape index (κ3) is 4.49. The lowest BCUT2D eigenvalue weighted by atomic mass is 9.73. The Morgan fingerprint density at radius 2 is 1.73 bits per heavy atom. The maximum absolute atomic E-state index is 13.7. The molecule has 2 heterocycles. The molecule has 4 rings (SSSR count). The number of fused-ring (bicyclic) bond motifs is 2. The Balaban J connectivity index is 1.68. The zero-order valence-electron chi connectivity index (χ0n) is 20.1. The minimum atomic E-state index is -0.857. The van der Waals surface area contributed by atoms with Crippen LogP contribution >= 0.6 is 0 Å². The second-order valence-corrected chi connectivity index (χ2v) is 9.55. The third-order valence-electron chi connectivity index (χ3n) is 6.57. The largest absolute Gasteiger partial charge is 0.335 e. The maximum atomic E-state index is 13.7. The van der Waals surface area contributed by atoms with E-state index in [4.69, 9.17) is 4.98 Å². The average Bonchev–Trinajstić information content (AvgIpc) is 3.25. The molecule has 0 amide bonds.